The molecule has 1 atom stereocenters. The molecule has 0 aliphatic carbocycles. The number of fused-ring (bicyclic) bond motifs is 1. The van der Waals surface area contributed by atoms with E-state index in [1.165, 1.54) is 6.07 Å². The second kappa shape index (κ2) is 10.4. The van der Waals surface area contributed by atoms with Crippen molar-refractivity contribution in [3.63, 3.8) is 0 Å². The highest BCUT2D eigenvalue weighted by Crippen LogP contribution is 2.37. The topological polar surface area (TPSA) is 85.2 Å². The normalized spacial score (nSPS) is 15.1. The molecule has 0 aromatic heterocycles. The molecule has 0 fully saturated rings. The van der Waals surface area contributed by atoms with Gasteiger partial charge in [-0.05, 0) is 54.7 Å². The third-order valence-electron chi connectivity index (χ3n) is 5.53. The molecule has 2 aromatic rings. The number of anilines is 2. The first kappa shape index (κ1) is 24.8. The monoisotopic (exact) mass is 490 g/mol. The summed E-state index contributed by atoms with van der Waals surface area (Å²) in [7, 11) is 0. The van der Waals surface area contributed by atoms with Crippen molar-refractivity contribution in [3.05, 3.63) is 56.8 Å². The first-order valence-corrected chi connectivity index (χ1v) is 11.4. The van der Waals surface area contributed by atoms with Crippen LogP contribution < -0.4 is 10.6 Å². The number of hydrogen-bond acceptors (Lipinski definition) is 4. The van der Waals surface area contributed by atoms with Gasteiger partial charge in [0.1, 0.15) is 11.9 Å². The highest BCUT2D eigenvalue weighted by Gasteiger charge is 2.29. The Morgan fingerprint density at radius 1 is 1.24 bits per heavy atom. The van der Waals surface area contributed by atoms with Gasteiger partial charge in [0, 0.05) is 23.0 Å². The summed E-state index contributed by atoms with van der Waals surface area (Å²) in [6.07, 6.45) is 0.883. The van der Waals surface area contributed by atoms with E-state index in [4.69, 9.17) is 23.2 Å². The Morgan fingerprint density at radius 2 is 1.97 bits per heavy atom. The van der Waals surface area contributed by atoms with Gasteiger partial charge in [0.15, 0.2) is 0 Å². The molecule has 1 heterocycles. The van der Waals surface area contributed by atoms with Gasteiger partial charge in [0.25, 0.3) is 0 Å². The Morgan fingerprint density at radius 3 is 2.64 bits per heavy atom. The molecule has 6 nitrogen and oxygen atoms in total. The van der Waals surface area contributed by atoms with E-state index < -0.39 is 5.82 Å². The molecule has 0 radical (unpaired) electrons. The minimum absolute atomic E-state index is 0.0102. The van der Waals surface area contributed by atoms with Crippen molar-refractivity contribution in [3.8, 4) is 6.07 Å². The van der Waals surface area contributed by atoms with E-state index in [1.807, 2.05) is 32.9 Å². The van der Waals surface area contributed by atoms with Crippen LogP contribution in [-0.4, -0.2) is 29.8 Å². The average molecular weight is 491 g/mol. The zero-order valence-corrected chi connectivity index (χ0v) is 20.1. The van der Waals surface area contributed by atoms with Gasteiger partial charge in [-0.25, -0.2) is 4.39 Å². The van der Waals surface area contributed by atoms with Crippen LogP contribution >= 0.6 is 23.2 Å². The number of benzene rings is 2. The number of carbonyl (C=O) groups excluding carboxylic acids is 2. The zero-order chi connectivity index (χ0) is 24.3. The molecule has 33 heavy (non-hydrogen) atoms. The van der Waals surface area contributed by atoms with Crippen molar-refractivity contribution < 1.29 is 14.0 Å². The molecule has 1 aliphatic rings. The minimum Gasteiger partial charge on any atom is -0.374 e. The van der Waals surface area contributed by atoms with Gasteiger partial charge < -0.3 is 15.5 Å². The highest BCUT2D eigenvalue weighted by atomic mass is 35.5. The molecule has 0 spiro atoms. The van der Waals surface area contributed by atoms with Crippen LogP contribution in [0.5, 0.6) is 0 Å². The summed E-state index contributed by atoms with van der Waals surface area (Å²) in [4.78, 5) is 26.8. The third kappa shape index (κ3) is 5.76. The second-order valence-electron chi connectivity index (χ2n) is 8.46. The third-order valence-corrected chi connectivity index (χ3v) is 6.06. The maximum absolute atomic E-state index is 14.5. The Hall–Kier alpha value is -2.82. The van der Waals surface area contributed by atoms with Gasteiger partial charge in [-0.3, -0.25) is 9.59 Å². The van der Waals surface area contributed by atoms with E-state index in [1.54, 1.807) is 11.0 Å². The largest absolute Gasteiger partial charge is 0.374 e. The van der Waals surface area contributed by atoms with E-state index >= 15 is 0 Å². The number of hydrogen-bond donors (Lipinski definition) is 2. The van der Waals surface area contributed by atoms with Gasteiger partial charge in [0.2, 0.25) is 11.8 Å². The molecular weight excluding hydrogens is 466 g/mol. The van der Waals surface area contributed by atoms with Crippen LogP contribution in [0.25, 0.3) is 0 Å². The van der Waals surface area contributed by atoms with E-state index in [0.29, 0.717) is 23.0 Å². The summed E-state index contributed by atoms with van der Waals surface area (Å²) in [6.45, 7) is 6.01. The molecule has 0 bridgehead atoms. The van der Waals surface area contributed by atoms with Gasteiger partial charge in [-0.2, -0.15) is 5.26 Å². The highest BCUT2D eigenvalue weighted by molar-refractivity contribution is 6.35. The minimum atomic E-state index is -0.684. The van der Waals surface area contributed by atoms with Crippen LogP contribution in [-0.2, 0) is 16.0 Å². The molecule has 1 aliphatic heterocycles. The molecule has 174 valence electrons. The zero-order valence-electron chi connectivity index (χ0n) is 18.6. The summed E-state index contributed by atoms with van der Waals surface area (Å²) >= 11 is 12.5. The Labute approximate surface area is 202 Å². The second-order valence-corrected chi connectivity index (χ2v) is 9.31. The first-order valence-electron chi connectivity index (χ1n) is 10.6. The van der Waals surface area contributed by atoms with Crippen LogP contribution in [0.3, 0.4) is 0 Å². The number of carbonyl (C=O) groups is 2. The number of rotatable bonds is 6. The summed E-state index contributed by atoms with van der Waals surface area (Å²) < 4.78 is 14.5. The molecular formula is C24H25Cl2FN4O2. The van der Waals surface area contributed by atoms with Crippen molar-refractivity contribution >= 4 is 46.4 Å². The molecule has 9 heteroatoms. The fourth-order valence-corrected chi connectivity index (χ4v) is 4.69. The summed E-state index contributed by atoms with van der Waals surface area (Å²) in [5, 5.41) is 15.8. The molecule has 2 N–H and O–H groups in total. The van der Waals surface area contributed by atoms with Crippen molar-refractivity contribution in [2.75, 3.05) is 23.7 Å². The van der Waals surface area contributed by atoms with Crippen LogP contribution in [0, 0.1) is 23.1 Å². The lowest BCUT2D eigenvalue weighted by Crippen LogP contribution is -2.42. The molecule has 3 rings (SSSR count). The molecule has 1 unspecified atom stereocenters. The maximum atomic E-state index is 14.5. The molecule has 2 aromatic carbocycles. The summed E-state index contributed by atoms with van der Waals surface area (Å²) in [5.74, 6) is -1.05. The molecule has 0 saturated carbocycles. The van der Waals surface area contributed by atoms with Crippen molar-refractivity contribution in [2.24, 2.45) is 5.92 Å². The predicted octanol–water partition coefficient (Wildman–Crippen LogP) is 5.55. The van der Waals surface area contributed by atoms with Crippen molar-refractivity contribution in [1.82, 2.24) is 4.90 Å². The van der Waals surface area contributed by atoms with Crippen LogP contribution in [0.2, 0.25) is 10.0 Å². The number of nitrogens with zero attached hydrogens (tertiary/aromatic N) is 2. The predicted molar refractivity (Wildman–Crippen MR) is 128 cm³/mol. The van der Waals surface area contributed by atoms with E-state index in [-0.39, 0.29) is 53.7 Å². The van der Waals surface area contributed by atoms with E-state index in [0.717, 1.165) is 17.2 Å². The lowest BCUT2D eigenvalue weighted by Gasteiger charge is -2.36. The standard InChI is InChI=1S/C24H25Cl2FN4O2/c1-13(2)6-22(32)30-20-10-21(19(27)8-16(20)11-28)29-12-23(33)31-5-4-15-7-17(25)9-18(26)24(15)14(31)3/h7-10,13-14,29H,4-6,12H2,1-3H3,(H,30,32). The summed E-state index contributed by atoms with van der Waals surface area (Å²) in [6, 6.07) is 7.53. The smallest absolute Gasteiger partial charge is 0.242 e. The van der Waals surface area contributed by atoms with E-state index in [2.05, 4.69) is 10.6 Å². The van der Waals surface area contributed by atoms with Crippen LogP contribution in [0.1, 0.15) is 49.9 Å². The quantitative estimate of drug-likeness (QED) is 0.555. The van der Waals surface area contributed by atoms with Gasteiger partial charge >= 0.3 is 0 Å². The number of nitriles is 1. The SMILES string of the molecule is CC(C)CC(=O)Nc1cc(NCC(=O)N2CCc3cc(Cl)cc(Cl)c3C2C)c(F)cc1C#N. The Bertz CT molecular complexity index is 1130. The lowest BCUT2D eigenvalue weighted by atomic mass is 9.93. The lowest BCUT2D eigenvalue weighted by molar-refractivity contribution is -0.131. The van der Waals surface area contributed by atoms with Gasteiger partial charge in [-0.15, -0.1) is 0 Å². The van der Waals surface area contributed by atoms with Crippen LogP contribution in [0.15, 0.2) is 24.3 Å². The Balaban J connectivity index is 1.74. The van der Waals surface area contributed by atoms with Crippen molar-refractivity contribution in [2.45, 2.75) is 39.7 Å². The van der Waals surface area contributed by atoms with Crippen LogP contribution in [0.4, 0.5) is 15.8 Å². The fourth-order valence-electron chi connectivity index (χ4n) is 3.99. The molecule has 2 amide bonds. The average Bonchev–Trinajstić information content (AvgIpc) is 2.72. The number of halogens is 3. The number of nitrogens with one attached hydrogen (secondary N) is 2. The maximum Gasteiger partial charge on any atom is 0.242 e. The Kier molecular flexibility index (Phi) is 7.83. The summed E-state index contributed by atoms with van der Waals surface area (Å²) in [5.41, 5.74) is 2.11. The van der Waals surface area contributed by atoms with E-state index in [9.17, 15) is 19.2 Å². The number of amides is 2. The van der Waals surface area contributed by atoms with Gasteiger partial charge in [0.05, 0.1) is 29.5 Å². The first-order chi connectivity index (χ1) is 15.6. The fraction of sp³-hybridized carbons (Fsp3) is 0.375. The van der Waals surface area contributed by atoms with Crippen molar-refractivity contribution in [1.29, 1.82) is 5.26 Å². The van der Waals surface area contributed by atoms with Gasteiger partial charge in [-0.1, -0.05) is 37.0 Å². The molecule has 0 saturated heterocycles.